The Bertz CT molecular complexity index is 691. The van der Waals surface area contributed by atoms with E-state index < -0.39 is 5.82 Å². The fourth-order valence-corrected chi connectivity index (χ4v) is 1.84. The van der Waals surface area contributed by atoms with Crippen LogP contribution >= 0.6 is 23.8 Å². The standard InChI is InChI=1S/C14H10ClFN2OS/c15-11-5-4-10(7-12(11)16)18-14(19)9-3-1-2-8(6-9)13(17)20/h1-7H,(H2,17,20)(H,18,19). The molecular formula is C14H10ClFN2OS. The van der Waals surface area contributed by atoms with Crippen LogP contribution in [0.3, 0.4) is 0 Å². The molecule has 0 radical (unpaired) electrons. The van der Waals surface area contributed by atoms with Gasteiger partial charge in [0.25, 0.3) is 5.91 Å². The second kappa shape index (κ2) is 5.98. The molecule has 0 aliphatic rings. The molecule has 6 heteroatoms. The summed E-state index contributed by atoms with van der Waals surface area (Å²) < 4.78 is 13.3. The van der Waals surface area contributed by atoms with Crippen molar-refractivity contribution in [3.05, 3.63) is 64.4 Å². The van der Waals surface area contributed by atoms with Gasteiger partial charge in [-0.15, -0.1) is 0 Å². The molecule has 0 atom stereocenters. The summed E-state index contributed by atoms with van der Waals surface area (Å²) in [7, 11) is 0. The number of benzene rings is 2. The summed E-state index contributed by atoms with van der Waals surface area (Å²) in [5.41, 5.74) is 6.80. The number of hydrogen-bond acceptors (Lipinski definition) is 2. The van der Waals surface area contributed by atoms with E-state index >= 15 is 0 Å². The van der Waals surface area contributed by atoms with E-state index in [0.29, 0.717) is 16.8 Å². The Labute approximate surface area is 125 Å². The molecule has 0 unspecified atom stereocenters. The van der Waals surface area contributed by atoms with E-state index in [1.165, 1.54) is 12.1 Å². The Morgan fingerprint density at radius 1 is 1.20 bits per heavy atom. The van der Waals surface area contributed by atoms with Gasteiger partial charge in [0.2, 0.25) is 0 Å². The highest BCUT2D eigenvalue weighted by Gasteiger charge is 2.09. The van der Waals surface area contributed by atoms with Gasteiger partial charge in [0, 0.05) is 16.8 Å². The number of anilines is 1. The van der Waals surface area contributed by atoms with Crippen molar-refractivity contribution in [2.45, 2.75) is 0 Å². The first-order valence-electron chi connectivity index (χ1n) is 5.63. The molecule has 2 aromatic carbocycles. The second-order valence-electron chi connectivity index (χ2n) is 4.03. The lowest BCUT2D eigenvalue weighted by Crippen LogP contribution is -2.14. The summed E-state index contributed by atoms with van der Waals surface area (Å²) in [5, 5.41) is 2.57. The van der Waals surface area contributed by atoms with E-state index in [-0.39, 0.29) is 15.9 Å². The van der Waals surface area contributed by atoms with Gasteiger partial charge in [-0.05, 0) is 30.3 Å². The molecule has 3 nitrogen and oxygen atoms in total. The first-order valence-corrected chi connectivity index (χ1v) is 6.42. The maximum atomic E-state index is 13.3. The number of hydrogen-bond donors (Lipinski definition) is 2. The maximum Gasteiger partial charge on any atom is 0.255 e. The zero-order valence-electron chi connectivity index (χ0n) is 10.2. The van der Waals surface area contributed by atoms with Crippen molar-refractivity contribution in [3.63, 3.8) is 0 Å². The lowest BCUT2D eigenvalue weighted by molar-refractivity contribution is 0.102. The van der Waals surface area contributed by atoms with Gasteiger partial charge < -0.3 is 11.1 Å². The number of carbonyl (C=O) groups excluding carboxylic acids is 1. The summed E-state index contributed by atoms with van der Waals surface area (Å²) in [6.07, 6.45) is 0. The van der Waals surface area contributed by atoms with Crippen LogP contribution in [-0.2, 0) is 0 Å². The van der Waals surface area contributed by atoms with Gasteiger partial charge in [-0.25, -0.2) is 4.39 Å². The van der Waals surface area contributed by atoms with Crippen LogP contribution in [0.25, 0.3) is 0 Å². The van der Waals surface area contributed by atoms with E-state index in [0.717, 1.165) is 6.07 Å². The Hall–Kier alpha value is -1.98. The van der Waals surface area contributed by atoms with Crippen molar-refractivity contribution in [3.8, 4) is 0 Å². The lowest BCUT2D eigenvalue weighted by atomic mass is 10.1. The molecule has 0 saturated heterocycles. The molecule has 102 valence electrons. The number of halogens is 2. The maximum absolute atomic E-state index is 13.3. The van der Waals surface area contributed by atoms with Gasteiger partial charge in [-0.1, -0.05) is 36.0 Å². The van der Waals surface area contributed by atoms with Crippen molar-refractivity contribution in [1.29, 1.82) is 0 Å². The second-order valence-corrected chi connectivity index (χ2v) is 4.88. The predicted octanol–water partition coefficient (Wildman–Crippen LogP) is 3.37. The molecule has 20 heavy (non-hydrogen) atoms. The minimum atomic E-state index is -0.596. The number of nitrogens with two attached hydrogens (primary N) is 1. The quantitative estimate of drug-likeness (QED) is 0.855. The van der Waals surface area contributed by atoms with Crippen molar-refractivity contribution < 1.29 is 9.18 Å². The molecule has 0 aromatic heterocycles. The topological polar surface area (TPSA) is 55.1 Å². The number of rotatable bonds is 3. The minimum Gasteiger partial charge on any atom is -0.389 e. The largest absolute Gasteiger partial charge is 0.389 e. The third-order valence-electron chi connectivity index (χ3n) is 2.59. The third kappa shape index (κ3) is 3.31. The van der Waals surface area contributed by atoms with Crippen LogP contribution in [0.1, 0.15) is 15.9 Å². The molecule has 0 saturated carbocycles. The SMILES string of the molecule is NC(=S)c1cccc(C(=O)Nc2ccc(Cl)c(F)c2)c1. The van der Waals surface area contributed by atoms with Gasteiger partial charge in [-0.2, -0.15) is 0 Å². The van der Waals surface area contributed by atoms with E-state index in [4.69, 9.17) is 29.6 Å². The van der Waals surface area contributed by atoms with Gasteiger partial charge in [0.15, 0.2) is 0 Å². The molecule has 0 fully saturated rings. The molecular weight excluding hydrogens is 299 g/mol. The average Bonchev–Trinajstić information content (AvgIpc) is 2.43. The normalized spacial score (nSPS) is 10.1. The van der Waals surface area contributed by atoms with Crippen LogP contribution < -0.4 is 11.1 Å². The van der Waals surface area contributed by atoms with E-state index in [2.05, 4.69) is 5.32 Å². The number of amides is 1. The predicted molar refractivity (Wildman–Crippen MR) is 81.7 cm³/mol. The van der Waals surface area contributed by atoms with Crippen molar-refractivity contribution in [1.82, 2.24) is 0 Å². The van der Waals surface area contributed by atoms with Crippen molar-refractivity contribution >= 4 is 40.4 Å². The molecule has 0 bridgehead atoms. The molecule has 0 heterocycles. The molecule has 0 aliphatic carbocycles. The number of carbonyl (C=O) groups is 1. The van der Waals surface area contributed by atoms with Crippen LogP contribution in [-0.4, -0.2) is 10.9 Å². The van der Waals surface area contributed by atoms with E-state index in [9.17, 15) is 9.18 Å². The van der Waals surface area contributed by atoms with Crippen molar-refractivity contribution in [2.24, 2.45) is 5.73 Å². The summed E-state index contributed by atoms with van der Waals surface area (Å²) in [6.45, 7) is 0. The van der Waals surface area contributed by atoms with Gasteiger partial charge in [0.05, 0.1) is 5.02 Å². The molecule has 0 spiro atoms. The van der Waals surface area contributed by atoms with Crippen LogP contribution in [0, 0.1) is 5.82 Å². The molecule has 0 aliphatic heterocycles. The fraction of sp³-hybridized carbons (Fsp3) is 0. The first kappa shape index (κ1) is 14.4. The van der Waals surface area contributed by atoms with Gasteiger partial charge in [-0.3, -0.25) is 4.79 Å². The molecule has 3 N–H and O–H groups in total. The Morgan fingerprint density at radius 3 is 2.55 bits per heavy atom. The third-order valence-corrected chi connectivity index (χ3v) is 3.13. The Morgan fingerprint density at radius 2 is 1.90 bits per heavy atom. The van der Waals surface area contributed by atoms with Crippen LogP contribution in [0.5, 0.6) is 0 Å². The Balaban J connectivity index is 2.21. The molecule has 2 aromatic rings. The highest BCUT2D eigenvalue weighted by atomic mass is 35.5. The smallest absolute Gasteiger partial charge is 0.255 e. The monoisotopic (exact) mass is 308 g/mol. The van der Waals surface area contributed by atoms with Crippen LogP contribution in [0.15, 0.2) is 42.5 Å². The molecule has 1 amide bonds. The van der Waals surface area contributed by atoms with Gasteiger partial charge in [0.1, 0.15) is 10.8 Å². The minimum absolute atomic E-state index is 0.00141. The summed E-state index contributed by atoms with van der Waals surface area (Å²) >= 11 is 10.4. The summed E-state index contributed by atoms with van der Waals surface area (Å²) in [4.78, 5) is 12.2. The Kier molecular flexibility index (Phi) is 4.32. The molecule has 2 rings (SSSR count). The van der Waals surface area contributed by atoms with Gasteiger partial charge >= 0.3 is 0 Å². The number of nitrogens with one attached hydrogen (secondary N) is 1. The zero-order valence-corrected chi connectivity index (χ0v) is 11.8. The lowest BCUT2D eigenvalue weighted by Gasteiger charge is -2.07. The first-order chi connectivity index (χ1) is 9.47. The van der Waals surface area contributed by atoms with Crippen LogP contribution in [0.4, 0.5) is 10.1 Å². The van der Waals surface area contributed by atoms with E-state index in [1.807, 2.05) is 0 Å². The van der Waals surface area contributed by atoms with Crippen LogP contribution in [0.2, 0.25) is 5.02 Å². The fourth-order valence-electron chi connectivity index (χ4n) is 1.59. The highest BCUT2D eigenvalue weighted by Crippen LogP contribution is 2.19. The number of thiocarbonyl (C=S) groups is 1. The summed E-state index contributed by atoms with van der Waals surface area (Å²) in [5.74, 6) is -0.980. The average molecular weight is 309 g/mol. The van der Waals surface area contributed by atoms with Crippen molar-refractivity contribution in [2.75, 3.05) is 5.32 Å². The highest BCUT2D eigenvalue weighted by molar-refractivity contribution is 7.80. The van der Waals surface area contributed by atoms with E-state index in [1.54, 1.807) is 24.3 Å². The zero-order chi connectivity index (χ0) is 14.7. The summed E-state index contributed by atoms with van der Waals surface area (Å²) in [6, 6.07) is 10.6.